The van der Waals surface area contributed by atoms with Gasteiger partial charge in [0, 0.05) is 20.3 Å². The Morgan fingerprint density at radius 1 is 0.676 bits per heavy atom. The fourth-order valence-corrected chi connectivity index (χ4v) is 5.77. The molecule has 0 heterocycles. The molecular formula is C32H44O2. The van der Waals surface area contributed by atoms with Crippen LogP contribution in [-0.2, 0) is 9.47 Å². The minimum absolute atomic E-state index is 0.468. The van der Waals surface area contributed by atoms with Crippen molar-refractivity contribution in [3.63, 3.8) is 0 Å². The molecule has 0 bridgehead atoms. The van der Waals surface area contributed by atoms with E-state index in [1.54, 1.807) is 7.11 Å². The molecule has 2 aliphatic rings. The zero-order chi connectivity index (χ0) is 23.6. The van der Waals surface area contributed by atoms with Crippen LogP contribution in [0.3, 0.4) is 0 Å². The Bertz CT molecular complexity index is 809. The second-order valence-corrected chi connectivity index (χ2v) is 10.5. The van der Waals surface area contributed by atoms with Crippen LogP contribution in [-0.4, -0.2) is 26.4 Å². The number of unbranched alkanes of at least 4 members (excludes halogenated alkanes) is 3. The van der Waals surface area contributed by atoms with Gasteiger partial charge in [-0.1, -0.05) is 67.3 Å². The van der Waals surface area contributed by atoms with Gasteiger partial charge in [0.05, 0.1) is 18.9 Å². The largest absolute Gasteiger partial charge is 0.385 e. The summed E-state index contributed by atoms with van der Waals surface area (Å²) in [5.74, 6) is 2.83. The highest BCUT2D eigenvalue weighted by Crippen LogP contribution is 2.38. The molecule has 0 atom stereocenters. The molecule has 0 aromatic heterocycles. The van der Waals surface area contributed by atoms with Crippen LogP contribution in [0.2, 0.25) is 0 Å². The van der Waals surface area contributed by atoms with Gasteiger partial charge in [-0.25, -0.2) is 0 Å². The van der Waals surface area contributed by atoms with Gasteiger partial charge in [0.1, 0.15) is 0 Å². The molecule has 2 aromatic carbocycles. The van der Waals surface area contributed by atoms with Crippen molar-refractivity contribution in [1.82, 2.24) is 0 Å². The van der Waals surface area contributed by atoms with Crippen molar-refractivity contribution in [2.45, 2.75) is 95.0 Å². The van der Waals surface area contributed by atoms with Crippen molar-refractivity contribution in [3.05, 3.63) is 72.5 Å². The fourth-order valence-electron chi connectivity index (χ4n) is 5.77. The molecule has 184 valence electrons. The monoisotopic (exact) mass is 460 g/mol. The molecule has 0 unspecified atom stereocenters. The number of hydrogen-bond acceptors (Lipinski definition) is 2. The Morgan fingerprint density at radius 3 is 1.71 bits per heavy atom. The normalized spacial score (nSPS) is 21.6. The molecule has 0 N–H and O–H groups in total. The number of hydrogen-bond donors (Lipinski definition) is 0. The van der Waals surface area contributed by atoms with Crippen LogP contribution in [0.4, 0.5) is 0 Å². The quantitative estimate of drug-likeness (QED) is 0.247. The van der Waals surface area contributed by atoms with Crippen LogP contribution in [0.1, 0.15) is 100 Å². The van der Waals surface area contributed by atoms with Gasteiger partial charge in [0.2, 0.25) is 0 Å². The fraction of sp³-hybridized carbons (Fsp3) is 0.562. The Labute approximate surface area is 208 Å². The third-order valence-electron chi connectivity index (χ3n) is 8.06. The smallest absolute Gasteiger partial charge is 0.0598 e. The second kappa shape index (κ2) is 13.4. The Kier molecular flexibility index (Phi) is 9.95. The van der Waals surface area contributed by atoms with Crippen molar-refractivity contribution in [3.8, 4) is 11.1 Å². The lowest BCUT2D eigenvalue weighted by molar-refractivity contribution is 0.0224. The van der Waals surface area contributed by atoms with Crippen molar-refractivity contribution >= 4 is 0 Å². The maximum atomic E-state index is 6.17. The minimum Gasteiger partial charge on any atom is -0.385 e. The number of ether oxygens (including phenoxy) is 2. The Morgan fingerprint density at radius 2 is 1.18 bits per heavy atom. The topological polar surface area (TPSA) is 18.5 Å². The van der Waals surface area contributed by atoms with E-state index < -0.39 is 0 Å². The van der Waals surface area contributed by atoms with Crippen molar-refractivity contribution in [1.29, 1.82) is 0 Å². The molecule has 0 amide bonds. The van der Waals surface area contributed by atoms with Crippen LogP contribution < -0.4 is 0 Å². The van der Waals surface area contributed by atoms with Gasteiger partial charge in [-0.15, -0.1) is 6.92 Å². The first-order valence-electron chi connectivity index (χ1n) is 13.7. The average molecular weight is 461 g/mol. The summed E-state index contributed by atoms with van der Waals surface area (Å²) in [4.78, 5) is 0. The van der Waals surface area contributed by atoms with Crippen LogP contribution in [0, 0.1) is 12.8 Å². The van der Waals surface area contributed by atoms with Gasteiger partial charge in [0.25, 0.3) is 0 Å². The SMILES string of the molecule is [CH2-][C+]1CCC(c2ccc(-c3ccc(C4CCC(OCCCCCCOC)CC4)cc3)cc2)CC1. The predicted molar refractivity (Wildman–Crippen MR) is 143 cm³/mol. The van der Waals surface area contributed by atoms with Crippen molar-refractivity contribution in [2.75, 3.05) is 20.3 Å². The molecule has 0 spiro atoms. The molecule has 2 aromatic rings. The maximum Gasteiger partial charge on any atom is 0.0598 e. The lowest BCUT2D eigenvalue weighted by atomic mass is 9.79. The molecule has 4 rings (SSSR count). The van der Waals surface area contributed by atoms with Crippen LogP contribution in [0.5, 0.6) is 0 Å². The number of methoxy groups -OCH3 is 1. The van der Waals surface area contributed by atoms with E-state index in [1.807, 2.05) is 0 Å². The average Bonchev–Trinajstić information content (AvgIpc) is 2.89. The summed E-state index contributed by atoms with van der Waals surface area (Å²) in [6, 6.07) is 18.7. The lowest BCUT2D eigenvalue weighted by Gasteiger charge is -2.29. The molecule has 2 saturated carbocycles. The van der Waals surface area contributed by atoms with Crippen LogP contribution in [0.25, 0.3) is 11.1 Å². The van der Waals surface area contributed by atoms with E-state index in [-0.39, 0.29) is 0 Å². The highest BCUT2D eigenvalue weighted by molar-refractivity contribution is 5.64. The van der Waals surface area contributed by atoms with Gasteiger partial charge in [-0.05, 0) is 85.5 Å². The third-order valence-corrected chi connectivity index (χ3v) is 8.06. The zero-order valence-corrected chi connectivity index (χ0v) is 21.3. The summed E-state index contributed by atoms with van der Waals surface area (Å²) in [6.07, 6.45) is 15.1. The van der Waals surface area contributed by atoms with E-state index in [2.05, 4.69) is 55.5 Å². The van der Waals surface area contributed by atoms with E-state index in [4.69, 9.17) is 9.47 Å². The highest BCUT2D eigenvalue weighted by atomic mass is 16.5. The van der Waals surface area contributed by atoms with E-state index in [1.165, 1.54) is 105 Å². The van der Waals surface area contributed by atoms with Gasteiger partial charge < -0.3 is 9.47 Å². The first-order valence-corrected chi connectivity index (χ1v) is 13.7. The molecule has 0 saturated heterocycles. The molecule has 2 heteroatoms. The van der Waals surface area contributed by atoms with Gasteiger partial charge in [0.15, 0.2) is 0 Å². The third kappa shape index (κ3) is 7.36. The Balaban J connectivity index is 1.20. The molecule has 2 nitrogen and oxygen atoms in total. The highest BCUT2D eigenvalue weighted by Gasteiger charge is 2.24. The first kappa shape index (κ1) is 25.3. The van der Waals surface area contributed by atoms with E-state index in [0.29, 0.717) is 17.9 Å². The lowest BCUT2D eigenvalue weighted by Crippen LogP contribution is -2.21. The van der Waals surface area contributed by atoms with Crippen LogP contribution in [0.15, 0.2) is 48.5 Å². The summed E-state index contributed by atoms with van der Waals surface area (Å²) < 4.78 is 11.3. The number of benzene rings is 2. The second-order valence-electron chi connectivity index (χ2n) is 10.5. The first-order chi connectivity index (χ1) is 16.7. The zero-order valence-electron chi connectivity index (χ0n) is 21.3. The molecule has 0 aliphatic heterocycles. The molecule has 0 radical (unpaired) electrons. The van der Waals surface area contributed by atoms with E-state index >= 15 is 0 Å². The van der Waals surface area contributed by atoms with Crippen molar-refractivity contribution in [2.24, 2.45) is 0 Å². The van der Waals surface area contributed by atoms with E-state index in [9.17, 15) is 0 Å². The molecular weight excluding hydrogens is 416 g/mol. The molecule has 34 heavy (non-hydrogen) atoms. The summed E-state index contributed by atoms with van der Waals surface area (Å²) in [5, 5.41) is 0. The molecule has 2 fully saturated rings. The summed E-state index contributed by atoms with van der Waals surface area (Å²) >= 11 is 0. The van der Waals surface area contributed by atoms with E-state index in [0.717, 1.165) is 13.2 Å². The number of rotatable bonds is 11. The predicted octanol–water partition coefficient (Wildman–Crippen LogP) is 8.67. The minimum atomic E-state index is 0.468. The Hall–Kier alpha value is -1.77. The van der Waals surface area contributed by atoms with Gasteiger partial charge in [-0.3, -0.25) is 0 Å². The van der Waals surface area contributed by atoms with Gasteiger partial charge in [-0.2, -0.15) is 0 Å². The maximum absolute atomic E-state index is 6.17. The van der Waals surface area contributed by atoms with Crippen LogP contribution >= 0.6 is 0 Å². The summed E-state index contributed by atoms with van der Waals surface area (Å²) in [5.41, 5.74) is 5.65. The summed E-state index contributed by atoms with van der Waals surface area (Å²) in [7, 11) is 1.78. The van der Waals surface area contributed by atoms with Crippen molar-refractivity contribution < 1.29 is 9.47 Å². The van der Waals surface area contributed by atoms with Gasteiger partial charge >= 0.3 is 0 Å². The summed E-state index contributed by atoms with van der Waals surface area (Å²) in [6.45, 7) is 5.96. The molecule has 2 aliphatic carbocycles. The standard InChI is InChI=1S/C32H44O2/c1-25-7-9-26(10-8-25)27-11-13-28(14-12-27)29-15-17-30(18-16-29)31-19-21-32(22-20-31)34-24-6-4-3-5-23-33-2/h11-18,26,31-32H,1,3-10,19-24H2,2H3.